The predicted octanol–water partition coefficient (Wildman–Crippen LogP) is 0.974. The highest BCUT2D eigenvalue weighted by atomic mass is 16.6. The molecule has 0 saturated carbocycles. The molecule has 1 atom stereocenters. The number of aromatic nitrogens is 2. The van der Waals surface area contributed by atoms with E-state index < -0.39 is 0 Å². The maximum atomic E-state index is 5.13. The molecule has 0 N–H and O–H groups in total. The number of hydrogen-bond acceptors (Lipinski definition) is 2. The maximum absolute atomic E-state index is 5.13. The summed E-state index contributed by atoms with van der Waals surface area (Å²) >= 11 is 0. The second-order valence-electron chi connectivity index (χ2n) is 2.43. The fourth-order valence-electron chi connectivity index (χ4n) is 1.08. The van der Waals surface area contributed by atoms with Gasteiger partial charge in [0.25, 0.3) is 0 Å². The SMILES string of the molecule is CCn1cncc1[C@@H]1CO1. The molecule has 0 aliphatic carbocycles. The molecule has 3 heteroatoms. The highest BCUT2D eigenvalue weighted by Gasteiger charge is 2.27. The van der Waals surface area contributed by atoms with E-state index in [9.17, 15) is 0 Å². The first-order valence-electron chi connectivity index (χ1n) is 3.53. The van der Waals surface area contributed by atoms with E-state index in [0.717, 1.165) is 13.2 Å². The number of hydrogen-bond donors (Lipinski definition) is 0. The van der Waals surface area contributed by atoms with Crippen LogP contribution in [-0.2, 0) is 11.3 Å². The Kier molecular flexibility index (Phi) is 1.24. The largest absolute Gasteiger partial charge is 0.366 e. The van der Waals surface area contributed by atoms with Crippen LogP contribution in [0.25, 0.3) is 0 Å². The lowest BCUT2D eigenvalue weighted by Crippen LogP contribution is -1.96. The van der Waals surface area contributed by atoms with Gasteiger partial charge in [-0.3, -0.25) is 0 Å². The Morgan fingerprint density at radius 3 is 3.30 bits per heavy atom. The van der Waals surface area contributed by atoms with Crippen molar-refractivity contribution in [3.8, 4) is 0 Å². The third-order valence-corrected chi connectivity index (χ3v) is 1.75. The third-order valence-electron chi connectivity index (χ3n) is 1.75. The molecule has 3 nitrogen and oxygen atoms in total. The summed E-state index contributed by atoms with van der Waals surface area (Å²) in [5.74, 6) is 0. The highest BCUT2D eigenvalue weighted by Crippen LogP contribution is 2.28. The average molecular weight is 138 g/mol. The minimum atomic E-state index is 0.336. The van der Waals surface area contributed by atoms with E-state index in [4.69, 9.17) is 4.74 Å². The van der Waals surface area contributed by atoms with Gasteiger partial charge in [-0.1, -0.05) is 0 Å². The molecule has 0 spiro atoms. The van der Waals surface area contributed by atoms with Crippen LogP contribution in [0.1, 0.15) is 18.7 Å². The van der Waals surface area contributed by atoms with Crippen molar-refractivity contribution in [1.82, 2.24) is 9.55 Å². The second kappa shape index (κ2) is 2.09. The third kappa shape index (κ3) is 0.827. The smallest absolute Gasteiger partial charge is 0.122 e. The van der Waals surface area contributed by atoms with E-state index in [1.54, 1.807) is 0 Å². The van der Waals surface area contributed by atoms with Gasteiger partial charge < -0.3 is 9.30 Å². The zero-order chi connectivity index (χ0) is 6.97. The zero-order valence-corrected chi connectivity index (χ0v) is 5.95. The first-order chi connectivity index (χ1) is 4.92. The molecule has 1 aliphatic rings. The number of epoxide rings is 1. The number of rotatable bonds is 2. The van der Waals surface area contributed by atoms with Gasteiger partial charge in [0, 0.05) is 6.54 Å². The lowest BCUT2D eigenvalue weighted by Gasteiger charge is -1.99. The van der Waals surface area contributed by atoms with E-state index in [0.29, 0.717) is 6.10 Å². The molecule has 0 bridgehead atoms. The van der Waals surface area contributed by atoms with E-state index >= 15 is 0 Å². The Hall–Kier alpha value is -0.830. The molecular weight excluding hydrogens is 128 g/mol. The van der Waals surface area contributed by atoms with Gasteiger partial charge >= 0.3 is 0 Å². The van der Waals surface area contributed by atoms with Crippen molar-refractivity contribution in [2.24, 2.45) is 0 Å². The Labute approximate surface area is 59.6 Å². The molecule has 1 aromatic heterocycles. The molecule has 10 heavy (non-hydrogen) atoms. The number of nitrogens with zero attached hydrogens (tertiary/aromatic N) is 2. The fraction of sp³-hybridized carbons (Fsp3) is 0.571. The van der Waals surface area contributed by atoms with Gasteiger partial charge in [0.15, 0.2) is 0 Å². The van der Waals surface area contributed by atoms with Crippen molar-refractivity contribution < 1.29 is 4.74 Å². The Balaban J connectivity index is 2.28. The highest BCUT2D eigenvalue weighted by molar-refractivity contribution is 5.07. The van der Waals surface area contributed by atoms with Gasteiger partial charge in [-0.25, -0.2) is 4.98 Å². The van der Waals surface area contributed by atoms with E-state index in [1.807, 2.05) is 12.5 Å². The van der Waals surface area contributed by atoms with Crippen molar-refractivity contribution in [3.63, 3.8) is 0 Å². The van der Waals surface area contributed by atoms with Gasteiger partial charge in [0.05, 0.1) is 24.8 Å². The van der Waals surface area contributed by atoms with Gasteiger partial charge in [-0.15, -0.1) is 0 Å². The van der Waals surface area contributed by atoms with Gasteiger partial charge in [0.1, 0.15) is 6.10 Å². The molecule has 0 aromatic carbocycles. The minimum absolute atomic E-state index is 0.336. The number of imidazole rings is 1. The lowest BCUT2D eigenvalue weighted by atomic mass is 10.3. The fourth-order valence-corrected chi connectivity index (χ4v) is 1.08. The van der Waals surface area contributed by atoms with E-state index in [2.05, 4.69) is 16.5 Å². The van der Waals surface area contributed by atoms with Crippen molar-refractivity contribution in [2.75, 3.05) is 6.61 Å². The van der Waals surface area contributed by atoms with Crippen molar-refractivity contribution in [3.05, 3.63) is 18.2 Å². The second-order valence-corrected chi connectivity index (χ2v) is 2.43. The molecule has 2 rings (SSSR count). The van der Waals surface area contributed by atoms with Crippen LogP contribution in [0.15, 0.2) is 12.5 Å². The molecule has 54 valence electrons. The summed E-state index contributed by atoms with van der Waals surface area (Å²) in [4.78, 5) is 4.04. The summed E-state index contributed by atoms with van der Waals surface area (Å²) in [6.07, 6.45) is 4.06. The molecule has 0 radical (unpaired) electrons. The topological polar surface area (TPSA) is 30.4 Å². The van der Waals surface area contributed by atoms with Crippen LogP contribution in [0.3, 0.4) is 0 Å². The maximum Gasteiger partial charge on any atom is 0.122 e. The van der Waals surface area contributed by atoms with Crippen molar-refractivity contribution in [1.29, 1.82) is 0 Å². The number of ether oxygens (including phenoxy) is 1. The average Bonchev–Trinajstić information content (AvgIpc) is 2.69. The monoisotopic (exact) mass is 138 g/mol. The van der Waals surface area contributed by atoms with Crippen LogP contribution in [0.2, 0.25) is 0 Å². The van der Waals surface area contributed by atoms with Crippen molar-refractivity contribution >= 4 is 0 Å². The van der Waals surface area contributed by atoms with Crippen LogP contribution in [-0.4, -0.2) is 16.2 Å². The Bertz CT molecular complexity index is 227. The molecular formula is C7H10N2O. The standard InChI is InChI=1S/C7H10N2O/c1-2-9-5-8-3-6(9)7-4-10-7/h3,5,7H,2,4H2,1H3/t7-/m0/s1. The zero-order valence-electron chi connectivity index (χ0n) is 5.95. The quantitative estimate of drug-likeness (QED) is 0.570. The molecule has 1 aliphatic heterocycles. The summed E-state index contributed by atoms with van der Waals surface area (Å²) in [5.41, 5.74) is 1.21. The van der Waals surface area contributed by atoms with Crippen LogP contribution >= 0.6 is 0 Å². The normalized spacial score (nSPS) is 23.1. The van der Waals surface area contributed by atoms with Crippen LogP contribution in [0.5, 0.6) is 0 Å². The summed E-state index contributed by atoms with van der Waals surface area (Å²) in [6.45, 7) is 3.95. The van der Waals surface area contributed by atoms with E-state index in [1.165, 1.54) is 5.69 Å². The Morgan fingerprint density at radius 1 is 1.90 bits per heavy atom. The van der Waals surface area contributed by atoms with Crippen molar-refractivity contribution in [2.45, 2.75) is 19.6 Å². The number of aryl methyl sites for hydroxylation is 1. The van der Waals surface area contributed by atoms with E-state index in [-0.39, 0.29) is 0 Å². The first kappa shape index (κ1) is 5.92. The summed E-state index contributed by atoms with van der Waals surface area (Å²) in [5, 5.41) is 0. The summed E-state index contributed by atoms with van der Waals surface area (Å²) in [6, 6.07) is 0. The van der Waals surface area contributed by atoms with Gasteiger partial charge in [-0.05, 0) is 6.92 Å². The summed E-state index contributed by atoms with van der Waals surface area (Å²) in [7, 11) is 0. The predicted molar refractivity (Wildman–Crippen MR) is 36.6 cm³/mol. The van der Waals surface area contributed by atoms with Crippen LogP contribution in [0.4, 0.5) is 0 Å². The molecule has 0 unspecified atom stereocenters. The lowest BCUT2D eigenvalue weighted by molar-refractivity contribution is 0.404. The van der Waals surface area contributed by atoms with Crippen LogP contribution in [0, 0.1) is 0 Å². The minimum Gasteiger partial charge on any atom is -0.366 e. The Morgan fingerprint density at radius 2 is 2.70 bits per heavy atom. The molecule has 0 amide bonds. The van der Waals surface area contributed by atoms with Crippen LogP contribution < -0.4 is 0 Å². The molecule has 1 saturated heterocycles. The molecule has 1 fully saturated rings. The first-order valence-corrected chi connectivity index (χ1v) is 3.53. The molecule has 1 aromatic rings. The summed E-state index contributed by atoms with van der Waals surface area (Å²) < 4.78 is 7.24. The van der Waals surface area contributed by atoms with Gasteiger partial charge in [0.2, 0.25) is 0 Å². The van der Waals surface area contributed by atoms with Gasteiger partial charge in [-0.2, -0.15) is 0 Å². The molecule has 2 heterocycles.